The number of rotatable bonds is 3. The van der Waals surface area contributed by atoms with E-state index < -0.39 is 0 Å². The first-order chi connectivity index (χ1) is 9.90. The summed E-state index contributed by atoms with van der Waals surface area (Å²) in [6, 6.07) is 15.1. The van der Waals surface area contributed by atoms with E-state index in [1.165, 1.54) is 48.1 Å². The molecule has 0 atom stereocenters. The number of fused-ring (bicyclic) bond motifs is 1. The van der Waals surface area contributed by atoms with Crippen LogP contribution in [-0.2, 0) is 6.42 Å². The molecule has 1 fully saturated rings. The highest BCUT2D eigenvalue weighted by molar-refractivity contribution is 5.75. The van der Waals surface area contributed by atoms with Crippen LogP contribution in [0.25, 0.3) is 11.1 Å². The van der Waals surface area contributed by atoms with Crippen molar-refractivity contribution in [3.63, 3.8) is 0 Å². The van der Waals surface area contributed by atoms with Gasteiger partial charge in [0.1, 0.15) is 5.75 Å². The standard InChI is InChI=1S/C18H19NO/c1-3-16(17-4-2-12-19-18(17)5-1)13-6-8-14(9-7-13)20-15-10-11-15/h1,3,5-9,15,19H,2,4,10-12H2. The predicted molar refractivity (Wildman–Crippen MR) is 82.3 cm³/mol. The Kier molecular flexibility index (Phi) is 2.87. The van der Waals surface area contributed by atoms with Crippen LogP contribution in [0.2, 0.25) is 0 Å². The van der Waals surface area contributed by atoms with Crippen LogP contribution in [0.3, 0.4) is 0 Å². The zero-order valence-corrected chi connectivity index (χ0v) is 11.6. The Bertz CT molecular complexity index is 614. The van der Waals surface area contributed by atoms with Crippen molar-refractivity contribution in [2.24, 2.45) is 0 Å². The van der Waals surface area contributed by atoms with E-state index in [-0.39, 0.29) is 0 Å². The SMILES string of the molecule is c1cc2c(c(-c3ccc(OC4CC4)cc3)c1)CCCN2. The number of hydrogen-bond acceptors (Lipinski definition) is 2. The third-order valence-corrected chi connectivity index (χ3v) is 4.09. The minimum absolute atomic E-state index is 0.467. The first-order valence-corrected chi connectivity index (χ1v) is 7.53. The molecule has 0 amide bonds. The zero-order chi connectivity index (χ0) is 13.4. The van der Waals surface area contributed by atoms with Crippen molar-refractivity contribution in [3.8, 4) is 16.9 Å². The number of benzene rings is 2. The second-order valence-electron chi connectivity index (χ2n) is 5.70. The van der Waals surface area contributed by atoms with Crippen LogP contribution < -0.4 is 10.1 Å². The molecular formula is C18H19NO. The quantitative estimate of drug-likeness (QED) is 0.895. The molecule has 102 valence electrons. The molecule has 1 aliphatic carbocycles. The Morgan fingerprint density at radius 2 is 1.85 bits per heavy atom. The third-order valence-electron chi connectivity index (χ3n) is 4.09. The maximum absolute atomic E-state index is 5.82. The fourth-order valence-electron chi connectivity index (χ4n) is 2.87. The summed E-state index contributed by atoms with van der Waals surface area (Å²) >= 11 is 0. The molecule has 0 unspecified atom stereocenters. The van der Waals surface area contributed by atoms with E-state index in [2.05, 4.69) is 47.8 Å². The molecule has 0 spiro atoms. The van der Waals surface area contributed by atoms with Gasteiger partial charge in [-0.2, -0.15) is 0 Å². The van der Waals surface area contributed by atoms with Crippen LogP contribution in [0.15, 0.2) is 42.5 Å². The van der Waals surface area contributed by atoms with Gasteiger partial charge < -0.3 is 10.1 Å². The lowest BCUT2D eigenvalue weighted by molar-refractivity contribution is 0.303. The van der Waals surface area contributed by atoms with Crippen LogP contribution >= 0.6 is 0 Å². The topological polar surface area (TPSA) is 21.3 Å². The molecule has 20 heavy (non-hydrogen) atoms. The highest BCUT2D eigenvalue weighted by atomic mass is 16.5. The van der Waals surface area contributed by atoms with Crippen molar-refractivity contribution >= 4 is 5.69 Å². The van der Waals surface area contributed by atoms with E-state index in [0.717, 1.165) is 12.3 Å². The molecular weight excluding hydrogens is 246 g/mol. The molecule has 2 nitrogen and oxygen atoms in total. The number of anilines is 1. The van der Waals surface area contributed by atoms with Crippen molar-refractivity contribution in [1.82, 2.24) is 0 Å². The predicted octanol–water partition coefficient (Wildman–Crippen LogP) is 4.25. The van der Waals surface area contributed by atoms with Gasteiger partial charge in [-0.05, 0) is 60.6 Å². The smallest absolute Gasteiger partial charge is 0.119 e. The first kappa shape index (κ1) is 11.8. The van der Waals surface area contributed by atoms with Crippen molar-refractivity contribution in [2.45, 2.75) is 31.8 Å². The van der Waals surface area contributed by atoms with E-state index >= 15 is 0 Å². The third kappa shape index (κ3) is 2.26. The van der Waals surface area contributed by atoms with Crippen LogP contribution in [0.4, 0.5) is 5.69 Å². The van der Waals surface area contributed by atoms with E-state index in [9.17, 15) is 0 Å². The minimum atomic E-state index is 0.467. The van der Waals surface area contributed by atoms with Crippen molar-refractivity contribution in [2.75, 3.05) is 11.9 Å². The summed E-state index contributed by atoms with van der Waals surface area (Å²) in [7, 11) is 0. The van der Waals surface area contributed by atoms with Gasteiger partial charge in [-0.25, -0.2) is 0 Å². The molecule has 2 aromatic carbocycles. The fraction of sp³-hybridized carbons (Fsp3) is 0.333. The highest BCUT2D eigenvalue weighted by Gasteiger charge is 2.23. The summed E-state index contributed by atoms with van der Waals surface area (Å²) in [4.78, 5) is 0. The van der Waals surface area contributed by atoms with Crippen molar-refractivity contribution in [3.05, 3.63) is 48.0 Å². The zero-order valence-electron chi connectivity index (χ0n) is 11.6. The second-order valence-corrected chi connectivity index (χ2v) is 5.70. The average Bonchev–Trinajstić information content (AvgIpc) is 3.32. The van der Waals surface area contributed by atoms with Gasteiger partial charge in [0, 0.05) is 12.2 Å². The lowest BCUT2D eigenvalue weighted by atomic mass is 9.93. The number of ether oxygens (including phenoxy) is 1. The fourth-order valence-corrected chi connectivity index (χ4v) is 2.87. The Morgan fingerprint density at radius 1 is 1.00 bits per heavy atom. The van der Waals surface area contributed by atoms with Gasteiger partial charge in [0.2, 0.25) is 0 Å². The van der Waals surface area contributed by atoms with Gasteiger partial charge in [0.05, 0.1) is 6.10 Å². The average molecular weight is 265 g/mol. The summed E-state index contributed by atoms with van der Waals surface area (Å²) in [6.45, 7) is 1.09. The van der Waals surface area contributed by atoms with Gasteiger partial charge in [-0.3, -0.25) is 0 Å². The molecule has 1 saturated carbocycles. The molecule has 0 aromatic heterocycles. The lowest BCUT2D eigenvalue weighted by Crippen LogP contribution is -2.12. The molecule has 1 N–H and O–H groups in total. The highest BCUT2D eigenvalue weighted by Crippen LogP contribution is 2.34. The Balaban J connectivity index is 1.66. The summed E-state index contributed by atoms with van der Waals surface area (Å²) in [5, 5.41) is 3.49. The summed E-state index contributed by atoms with van der Waals surface area (Å²) in [5.41, 5.74) is 5.39. The van der Waals surface area contributed by atoms with Gasteiger partial charge in [-0.15, -0.1) is 0 Å². The Morgan fingerprint density at radius 3 is 2.65 bits per heavy atom. The maximum Gasteiger partial charge on any atom is 0.119 e. The normalized spacial score (nSPS) is 17.2. The molecule has 1 heterocycles. The molecule has 2 aromatic rings. The number of nitrogens with one attached hydrogen (secondary N) is 1. The summed E-state index contributed by atoms with van der Waals surface area (Å²) in [5.74, 6) is 0.999. The van der Waals surface area contributed by atoms with Crippen LogP contribution in [0, 0.1) is 0 Å². The van der Waals surface area contributed by atoms with Crippen molar-refractivity contribution < 1.29 is 4.74 Å². The van der Waals surface area contributed by atoms with E-state index in [0.29, 0.717) is 6.10 Å². The summed E-state index contributed by atoms with van der Waals surface area (Å²) in [6.07, 6.45) is 5.26. The molecule has 4 rings (SSSR count). The van der Waals surface area contributed by atoms with Gasteiger partial charge >= 0.3 is 0 Å². The van der Waals surface area contributed by atoms with E-state index in [1.54, 1.807) is 0 Å². The van der Waals surface area contributed by atoms with Crippen molar-refractivity contribution in [1.29, 1.82) is 0 Å². The lowest BCUT2D eigenvalue weighted by Gasteiger charge is -2.21. The molecule has 2 heteroatoms. The van der Waals surface area contributed by atoms with E-state index in [1.807, 2.05) is 0 Å². The van der Waals surface area contributed by atoms with Crippen LogP contribution in [-0.4, -0.2) is 12.6 Å². The molecule has 0 bridgehead atoms. The second kappa shape index (κ2) is 4.86. The Hall–Kier alpha value is -1.96. The Labute approximate surface area is 119 Å². The first-order valence-electron chi connectivity index (χ1n) is 7.53. The number of hydrogen-bond donors (Lipinski definition) is 1. The molecule has 0 saturated heterocycles. The summed E-state index contributed by atoms with van der Waals surface area (Å²) < 4.78 is 5.82. The molecule has 2 aliphatic rings. The van der Waals surface area contributed by atoms with Gasteiger partial charge in [-0.1, -0.05) is 24.3 Å². The van der Waals surface area contributed by atoms with Gasteiger partial charge in [0.15, 0.2) is 0 Å². The minimum Gasteiger partial charge on any atom is -0.490 e. The van der Waals surface area contributed by atoms with Crippen LogP contribution in [0.5, 0.6) is 5.75 Å². The molecule has 1 aliphatic heterocycles. The largest absolute Gasteiger partial charge is 0.490 e. The maximum atomic E-state index is 5.82. The van der Waals surface area contributed by atoms with Gasteiger partial charge in [0.25, 0.3) is 0 Å². The van der Waals surface area contributed by atoms with Crippen LogP contribution in [0.1, 0.15) is 24.8 Å². The molecule has 0 radical (unpaired) electrons. The van der Waals surface area contributed by atoms with E-state index in [4.69, 9.17) is 4.74 Å². The monoisotopic (exact) mass is 265 g/mol.